The van der Waals surface area contributed by atoms with Gasteiger partial charge in [0.15, 0.2) is 5.43 Å². The minimum absolute atomic E-state index is 0.206. The number of aliphatic carboxylic acids is 2. The number of hydrogen-bond acceptors (Lipinski definition) is 4. The zero-order valence-electron chi connectivity index (χ0n) is 13.6. The molecule has 0 radical (unpaired) electrons. The summed E-state index contributed by atoms with van der Waals surface area (Å²) >= 11 is 1.36. The van der Waals surface area contributed by atoms with Gasteiger partial charge in [-0.05, 0) is 43.2 Å². The third-order valence-corrected chi connectivity index (χ3v) is 5.67. The quantitative estimate of drug-likeness (QED) is 0.694. The second-order valence-corrected chi connectivity index (χ2v) is 7.09. The molecule has 0 aliphatic carbocycles. The van der Waals surface area contributed by atoms with Gasteiger partial charge in [0.25, 0.3) is 0 Å². The molecule has 3 rings (SSSR count). The first-order valence-electron chi connectivity index (χ1n) is 7.76. The van der Waals surface area contributed by atoms with Crippen LogP contribution in [0.1, 0.15) is 36.8 Å². The smallest absolute Gasteiger partial charge is 0.310 e. The Morgan fingerprint density at radius 2 is 1.60 bits per heavy atom. The van der Waals surface area contributed by atoms with Crippen molar-refractivity contribution in [3.8, 4) is 0 Å². The summed E-state index contributed by atoms with van der Waals surface area (Å²) in [6.45, 7) is 3.06. The molecule has 128 valence electrons. The van der Waals surface area contributed by atoms with Gasteiger partial charge >= 0.3 is 11.9 Å². The Kier molecular flexibility index (Phi) is 4.30. The predicted octanol–water partition coefficient (Wildman–Crippen LogP) is 3.79. The first-order chi connectivity index (χ1) is 11.8. The summed E-state index contributed by atoms with van der Waals surface area (Å²) < 4.78 is 1.37. The first-order valence-corrected chi connectivity index (χ1v) is 8.58. The largest absolute Gasteiger partial charge is 0.481 e. The number of carbonyl (C=O) groups is 2. The standard InChI is InChI=1S/C19H16O5S/c1-9(18(21)22)11-7-13(10(2)19(23)24)17-14(8-11)16(20)12-5-3-4-6-15(12)25-17/h3-10H,1-2H3,(H,21,22)(H,23,24). The van der Waals surface area contributed by atoms with Gasteiger partial charge in [-0.25, -0.2) is 0 Å². The zero-order chi connectivity index (χ0) is 18.3. The van der Waals surface area contributed by atoms with Crippen molar-refractivity contribution in [2.75, 3.05) is 0 Å². The van der Waals surface area contributed by atoms with E-state index in [0.717, 1.165) is 4.70 Å². The molecule has 2 aromatic carbocycles. The van der Waals surface area contributed by atoms with Crippen LogP contribution < -0.4 is 5.43 Å². The highest BCUT2D eigenvalue weighted by Crippen LogP contribution is 2.34. The molecule has 0 spiro atoms. The van der Waals surface area contributed by atoms with E-state index in [4.69, 9.17) is 0 Å². The Labute approximate surface area is 147 Å². The van der Waals surface area contributed by atoms with Crippen LogP contribution in [0.5, 0.6) is 0 Å². The van der Waals surface area contributed by atoms with E-state index < -0.39 is 23.8 Å². The number of carboxylic acids is 2. The maximum atomic E-state index is 12.9. The van der Waals surface area contributed by atoms with Gasteiger partial charge < -0.3 is 10.2 Å². The molecule has 3 aromatic rings. The normalized spacial score (nSPS) is 13.7. The van der Waals surface area contributed by atoms with E-state index in [1.807, 2.05) is 12.1 Å². The Morgan fingerprint density at radius 1 is 0.960 bits per heavy atom. The molecule has 6 heteroatoms. The fraction of sp³-hybridized carbons (Fsp3) is 0.211. The van der Waals surface area contributed by atoms with Crippen molar-refractivity contribution in [1.29, 1.82) is 0 Å². The fourth-order valence-corrected chi connectivity index (χ4v) is 4.05. The molecule has 0 amide bonds. The van der Waals surface area contributed by atoms with Gasteiger partial charge in [-0.15, -0.1) is 11.3 Å². The lowest BCUT2D eigenvalue weighted by Crippen LogP contribution is -2.13. The SMILES string of the molecule is CC(C(=O)O)c1cc(C(C)C(=O)O)c2sc3ccccc3c(=O)c2c1. The monoisotopic (exact) mass is 356 g/mol. The van der Waals surface area contributed by atoms with Crippen molar-refractivity contribution in [2.45, 2.75) is 25.7 Å². The van der Waals surface area contributed by atoms with Crippen molar-refractivity contribution >= 4 is 43.4 Å². The summed E-state index contributed by atoms with van der Waals surface area (Å²) in [6.07, 6.45) is 0. The maximum Gasteiger partial charge on any atom is 0.310 e. The van der Waals surface area contributed by atoms with Crippen LogP contribution >= 0.6 is 11.3 Å². The first kappa shape index (κ1) is 17.1. The van der Waals surface area contributed by atoms with Gasteiger partial charge in [-0.1, -0.05) is 18.2 Å². The fourth-order valence-electron chi connectivity index (χ4n) is 2.80. The second-order valence-electron chi connectivity index (χ2n) is 6.03. The van der Waals surface area contributed by atoms with E-state index in [9.17, 15) is 24.6 Å². The third-order valence-electron chi connectivity index (χ3n) is 4.44. The minimum atomic E-state index is -1.02. The van der Waals surface area contributed by atoms with Crippen LogP contribution in [0.15, 0.2) is 41.2 Å². The Balaban J connectivity index is 2.46. The van der Waals surface area contributed by atoms with Crippen LogP contribution in [0.4, 0.5) is 0 Å². The molecule has 1 aromatic heterocycles. The molecule has 25 heavy (non-hydrogen) atoms. The topological polar surface area (TPSA) is 91.7 Å². The van der Waals surface area contributed by atoms with Gasteiger partial charge in [0.1, 0.15) is 0 Å². The molecule has 2 N–H and O–H groups in total. The molecule has 2 atom stereocenters. The van der Waals surface area contributed by atoms with Gasteiger partial charge in [-0.2, -0.15) is 0 Å². The highest BCUT2D eigenvalue weighted by atomic mass is 32.1. The van der Waals surface area contributed by atoms with E-state index in [1.165, 1.54) is 18.3 Å². The van der Waals surface area contributed by atoms with E-state index in [-0.39, 0.29) is 5.43 Å². The summed E-state index contributed by atoms with van der Waals surface area (Å²) in [5.74, 6) is -3.72. The van der Waals surface area contributed by atoms with Crippen LogP contribution in [0, 0.1) is 0 Å². The predicted molar refractivity (Wildman–Crippen MR) is 97.7 cm³/mol. The molecule has 1 heterocycles. The average Bonchev–Trinajstić information content (AvgIpc) is 2.60. The van der Waals surface area contributed by atoms with Gasteiger partial charge in [-0.3, -0.25) is 14.4 Å². The highest BCUT2D eigenvalue weighted by Gasteiger charge is 2.23. The van der Waals surface area contributed by atoms with Crippen LogP contribution in [-0.4, -0.2) is 22.2 Å². The van der Waals surface area contributed by atoms with Crippen molar-refractivity contribution in [3.63, 3.8) is 0 Å². The van der Waals surface area contributed by atoms with Crippen LogP contribution in [0.25, 0.3) is 20.2 Å². The minimum Gasteiger partial charge on any atom is -0.481 e. The summed E-state index contributed by atoms with van der Waals surface area (Å²) in [5, 5.41) is 19.6. The van der Waals surface area contributed by atoms with Crippen molar-refractivity contribution in [2.24, 2.45) is 0 Å². The summed E-state index contributed by atoms with van der Waals surface area (Å²) in [5.41, 5.74) is 0.700. The Morgan fingerprint density at radius 3 is 2.24 bits per heavy atom. The molecule has 0 fully saturated rings. The van der Waals surface area contributed by atoms with Crippen molar-refractivity contribution < 1.29 is 19.8 Å². The van der Waals surface area contributed by atoms with E-state index in [2.05, 4.69) is 0 Å². The lowest BCUT2D eigenvalue weighted by molar-refractivity contribution is -0.139. The highest BCUT2D eigenvalue weighted by molar-refractivity contribution is 7.24. The second kappa shape index (κ2) is 6.29. The number of fused-ring (bicyclic) bond motifs is 2. The molecule has 2 unspecified atom stereocenters. The molecule has 0 bridgehead atoms. The number of benzene rings is 2. The Hall–Kier alpha value is -2.73. The lowest BCUT2D eigenvalue weighted by atomic mass is 9.92. The molecule has 0 aliphatic rings. The molecule has 0 saturated carbocycles. The van der Waals surface area contributed by atoms with Gasteiger partial charge in [0.05, 0.1) is 11.8 Å². The zero-order valence-corrected chi connectivity index (χ0v) is 14.5. The van der Waals surface area contributed by atoms with Crippen LogP contribution in [0.3, 0.4) is 0 Å². The van der Waals surface area contributed by atoms with E-state index in [0.29, 0.717) is 26.6 Å². The average molecular weight is 356 g/mol. The number of hydrogen-bond donors (Lipinski definition) is 2. The summed E-state index contributed by atoms with van der Waals surface area (Å²) in [6, 6.07) is 10.3. The van der Waals surface area contributed by atoms with Crippen LogP contribution in [-0.2, 0) is 9.59 Å². The molecule has 5 nitrogen and oxygen atoms in total. The number of carboxylic acid groups (broad SMARTS) is 2. The molecular weight excluding hydrogens is 340 g/mol. The van der Waals surface area contributed by atoms with E-state index >= 15 is 0 Å². The molecule has 0 aliphatic heterocycles. The Bertz CT molecular complexity index is 1070. The van der Waals surface area contributed by atoms with Gasteiger partial charge in [0, 0.05) is 20.2 Å². The molecular formula is C19H16O5S. The van der Waals surface area contributed by atoms with Crippen molar-refractivity contribution in [1.82, 2.24) is 0 Å². The van der Waals surface area contributed by atoms with Gasteiger partial charge in [0.2, 0.25) is 0 Å². The number of rotatable bonds is 4. The third kappa shape index (κ3) is 2.89. The van der Waals surface area contributed by atoms with Crippen molar-refractivity contribution in [3.05, 3.63) is 57.7 Å². The maximum absolute atomic E-state index is 12.9. The lowest BCUT2D eigenvalue weighted by Gasteiger charge is -2.15. The van der Waals surface area contributed by atoms with E-state index in [1.54, 1.807) is 31.2 Å². The summed E-state index contributed by atoms with van der Waals surface area (Å²) in [7, 11) is 0. The molecule has 0 saturated heterocycles. The van der Waals surface area contributed by atoms with Crippen LogP contribution in [0.2, 0.25) is 0 Å². The summed E-state index contributed by atoms with van der Waals surface area (Å²) in [4.78, 5) is 35.8.